The van der Waals surface area contributed by atoms with Gasteiger partial charge in [-0.1, -0.05) is 32.4 Å². The van der Waals surface area contributed by atoms with Crippen LogP contribution in [0.3, 0.4) is 0 Å². The third-order valence-electron chi connectivity index (χ3n) is 2.43. The van der Waals surface area contributed by atoms with E-state index in [0.29, 0.717) is 0 Å². The summed E-state index contributed by atoms with van der Waals surface area (Å²) in [6.45, 7) is 7.31. The van der Waals surface area contributed by atoms with Crippen molar-refractivity contribution < 1.29 is 0 Å². The van der Waals surface area contributed by atoms with Gasteiger partial charge < -0.3 is 9.88 Å². The zero-order valence-corrected chi connectivity index (χ0v) is 10.9. The second kappa shape index (κ2) is 4.54. The maximum atomic E-state index is 6.26. The van der Waals surface area contributed by atoms with Gasteiger partial charge in [0.15, 0.2) is 0 Å². The Morgan fingerprint density at radius 2 is 2.00 bits per heavy atom. The molecule has 0 amide bonds. The predicted octanol–water partition coefficient (Wildman–Crippen LogP) is 2.13. The summed E-state index contributed by atoms with van der Waals surface area (Å²) < 4.78 is 1.97. The van der Waals surface area contributed by atoms with E-state index >= 15 is 0 Å². The summed E-state index contributed by atoms with van der Waals surface area (Å²) >= 11 is 6.26. The van der Waals surface area contributed by atoms with Crippen molar-refractivity contribution in [3.05, 3.63) is 16.7 Å². The molecule has 1 heterocycles. The van der Waals surface area contributed by atoms with E-state index in [-0.39, 0.29) is 5.41 Å². The van der Waals surface area contributed by atoms with Gasteiger partial charge in [-0.25, -0.2) is 4.98 Å². The molecule has 4 heteroatoms. The molecule has 86 valence electrons. The lowest BCUT2D eigenvalue weighted by Gasteiger charge is -2.15. The van der Waals surface area contributed by atoms with E-state index in [0.717, 1.165) is 29.6 Å². The average molecular weight is 230 g/mol. The van der Waals surface area contributed by atoms with Crippen LogP contribution in [0.25, 0.3) is 0 Å². The van der Waals surface area contributed by atoms with Crippen LogP contribution in [0.2, 0.25) is 5.15 Å². The minimum atomic E-state index is 0.00668. The highest BCUT2D eigenvalue weighted by Gasteiger charge is 2.23. The maximum absolute atomic E-state index is 6.26. The van der Waals surface area contributed by atoms with Gasteiger partial charge in [0.1, 0.15) is 11.0 Å². The van der Waals surface area contributed by atoms with Crippen LogP contribution in [-0.2, 0) is 18.9 Å². The van der Waals surface area contributed by atoms with E-state index < -0.39 is 0 Å². The van der Waals surface area contributed by atoms with Crippen molar-refractivity contribution in [1.82, 2.24) is 14.9 Å². The molecule has 0 aliphatic heterocycles. The molecule has 1 aromatic rings. The Morgan fingerprint density at radius 3 is 2.40 bits per heavy atom. The number of rotatable bonds is 3. The van der Waals surface area contributed by atoms with Crippen LogP contribution in [0.4, 0.5) is 0 Å². The number of nitrogens with zero attached hydrogens (tertiary/aromatic N) is 2. The fourth-order valence-corrected chi connectivity index (χ4v) is 1.88. The summed E-state index contributed by atoms with van der Waals surface area (Å²) in [4.78, 5) is 4.61. The molecular weight excluding hydrogens is 210 g/mol. The lowest BCUT2D eigenvalue weighted by atomic mass is 9.93. The summed E-state index contributed by atoms with van der Waals surface area (Å²) in [6.07, 6.45) is 0.906. The van der Waals surface area contributed by atoms with Crippen molar-refractivity contribution in [2.45, 2.75) is 32.6 Å². The van der Waals surface area contributed by atoms with Crippen molar-refractivity contribution in [3.63, 3.8) is 0 Å². The summed E-state index contributed by atoms with van der Waals surface area (Å²) in [5.74, 6) is 1.04. The number of halogens is 1. The standard InChI is InChI=1S/C11H20ClN3/c1-11(2,3)9-10(12)15(5)8(14-9)6-7-13-4/h13H,6-7H2,1-5H3. The van der Waals surface area contributed by atoms with Crippen LogP contribution in [-0.4, -0.2) is 23.1 Å². The summed E-state index contributed by atoms with van der Waals surface area (Å²) in [6, 6.07) is 0. The van der Waals surface area contributed by atoms with E-state index in [1.54, 1.807) is 0 Å². The molecule has 0 fully saturated rings. The van der Waals surface area contributed by atoms with Crippen molar-refractivity contribution >= 4 is 11.6 Å². The minimum Gasteiger partial charge on any atom is -0.322 e. The fourth-order valence-electron chi connectivity index (χ4n) is 1.46. The SMILES string of the molecule is CNCCc1nc(C(C)(C)C)c(Cl)n1C. The molecule has 0 bridgehead atoms. The maximum Gasteiger partial charge on any atom is 0.132 e. The van der Waals surface area contributed by atoms with Crippen LogP contribution in [0.15, 0.2) is 0 Å². The van der Waals surface area contributed by atoms with Crippen LogP contribution >= 0.6 is 11.6 Å². The first-order chi connectivity index (χ1) is 6.88. The second-order valence-electron chi connectivity index (χ2n) is 4.83. The number of aromatic nitrogens is 2. The van der Waals surface area contributed by atoms with Gasteiger partial charge in [-0.2, -0.15) is 0 Å². The molecule has 1 N–H and O–H groups in total. The summed E-state index contributed by atoms with van der Waals surface area (Å²) in [5, 5.41) is 3.87. The van der Waals surface area contributed by atoms with Gasteiger partial charge in [-0.15, -0.1) is 0 Å². The van der Waals surface area contributed by atoms with Gasteiger partial charge in [0.05, 0.1) is 5.69 Å². The van der Waals surface area contributed by atoms with E-state index in [1.165, 1.54) is 0 Å². The molecule has 1 aromatic heterocycles. The van der Waals surface area contributed by atoms with Gasteiger partial charge in [-0.3, -0.25) is 0 Å². The van der Waals surface area contributed by atoms with E-state index in [4.69, 9.17) is 11.6 Å². The molecule has 0 saturated heterocycles. The minimum absolute atomic E-state index is 0.00668. The van der Waals surface area contributed by atoms with E-state index in [1.807, 2.05) is 18.7 Å². The molecule has 0 radical (unpaired) electrons. The molecule has 0 atom stereocenters. The smallest absolute Gasteiger partial charge is 0.132 e. The molecule has 0 saturated carbocycles. The highest BCUT2D eigenvalue weighted by Crippen LogP contribution is 2.28. The second-order valence-corrected chi connectivity index (χ2v) is 5.19. The quantitative estimate of drug-likeness (QED) is 0.861. The topological polar surface area (TPSA) is 29.9 Å². The van der Waals surface area contributed by atoms with Gasteiger partial charge >= 0.3 is 0 Å². The predicted molar refractivity (Wildman–Crippen MR) is 64.5 cm³/mol. The number of nitrogens with one attached hydrogen (secondary N) is 1. The Bertz CT molecular complexity index is 336. The van der Waals surface area contributed by atoms with Crippen molar-refractivity contribution in [1.29, 1.82) is 0 Å². The fraction of sp³-hybridized carbons (Fsp3) is 0.727. The Morgan fingerprint density at radius 1 is 1.40 bits per heavy atom. The van der Waals surface area contributed by atoms with Gasteiger partial charge in [0, 0.05) is 25.4 Å². The molecule has 3 nitrogen and oxygen atoms in total. The van der Waals surface area contributed by atoms with Crippen molar-refractivity contribution in [2.24, 2.45) is 7.05 Å². The van der Waals surface area contributed by atoms with Crippen LogP contribution in [0, 0.1) is 0 Å². The molecular formula is C11H20ClN3. The van der Waals surface area contributed by atoms with E-state index in [2.05, 4.69) is 31.1 Å². The zero-order valence-electron chi connectivity index (χ0n) is 10.2. The van der Waals surface area contributed by atoms with Crippen LogP contribution < -0.4 is 5.32 Å². The molecule has 0 spiro atoms. The number of likely N-dealkylation sites (N-methyl/N-ethyl adjacent to an activating group) is 1. The zero-order chi connectivity index (χ0) is 11.6. The Labute approximate surface area is 96.8 Å². The molecule has 0 unspecified atom stereocenters. The monoisotopic (exact) mass is 229 g/mol. The highest BCUT2D eigenvalue weighted by atomic mass is 35.5. The van der Waals surface area contributed by atoms with Crippen LogP contribution in [0.5, 0.6) is 0 Å². The Kier molecular flexibility index (Phi) is 3.79. The Hall–Kier alpha value is -0.540. The third-order valence-corrected chi connectivity index (χ3v) is 2.86. The van der Waals surface area contributed by atoms with Crippen LogP contribution in [0.1, 0.15) is 32.3 Å². The molecule has 0 aliphatic rings. The van der Waals surface area contributed by atoms with Gasteiger partial charge in [0.2, 0.25) is 0 Å². The number of hydrogen-bond acceptors (Lipinski definition) is 2. The molecule has 1 rings (SSSR count). The van der Waals surface area contributed by atoms with E-state index in [9.17, 15) is 0 Å². The first kappa shape index (κ1) is 12.5. The first-order valence-corrected chi connectivity index (χ1v) is 5.62. The average Bonchev–Trinajstić information content (AvgIpc) is 2.41. The lowest BCUT2D eigenvalue weighted by Crippen LogP contribution is -2.14. The largest absolute Gasteiger partial charge is 0.322 e. The number of hydrogen-bond donors (Lipinski definition) is 1. The van der Waals surface area contributed by atoms with Gasteiger partial charge in [0.25, 0.3) is 0 Å². The normalized spacial score (nSPS) is 12.1. The van der Waals surface area contributed by atoms with Crippen molar-refractivity contribution in [3.8, 4) is 0 Å². The molecule has 0 aromatic carbocycles. The first-order valence-electron chi connectivity index (χ1n) is 5.24. The molecule has 15 heavy (non-hydrogen) atoms. The van der Waals surface area contributed by atoms with Crippen molar-refractivity contribution in [2.75, 3.05) is 13.6 Å². The summed E-state index contributed by atoms with van der Waals surface area (Å²) in [7, 11) is 3.91. The van der Waals surface area contributed by atoms with Gasteiger partial charge in [-0.05, 0) is 7.05 Å². The number of imidazole rings is 1. The summed E-state index contributed by atoms with van der Waals surface area (Å²) in [5.41, 5.74) is 0.991. The molecule has 0 aliphatic carbocycles. The third kappa shape index (κ3) is 2.73. The Balaban J connectivity index is 3.02. The highest BCUT2D eigenvalue weighted by molar-refractivity contribution is 6.30. The lowest BCUT2D eigenvalue weighted by molar-refractivity contribution is 0.570.